The number of sulfonamides is 1. The van der Waals surface area contributed by atoms with E-state index in [9.17, 15) is 8.42 Å². The normalized spacial score (nSPS) is 31.8. The maximum absolute atomic E-state index is 12.6. The second-order valence-electron chi connectivity index (χ2n) is 5.66. The highest BCUT2D eigenvalue weighted by atomic mass is 32.2. The van der Waals surface area contributed by atoms with Gasteiger partial charge in [0.1, 0.15) is 0 Å². The van der Waals surface area contributed by atoms with Crippen molar-refractivity contribution in [2.45, 2.75) is 49.9 Å². The molecular weight excluding hydrogens is 240 g/mol. The Kier molecular flexibility index (Phi) is 3.51. The fourth-order valence-electron chi connectivity index (χ4n) is 2.87. The van der Waals surface area contributed by atoms with Crippen molar-refractivity contribution in [3.05, 3.63) is 0 Å². The molecule has 0 radical (unpaired) electrons. The van der Waals surface area contributed by atoms with Crippen LogP contribution >= 0.6 is 0 Å². The van der Waals surface area contributed by atoms with Gasteiger partial charge in [-0.15, -0.1) is 0 Å². The van der Waals surface area contributed by atoms with Crippen LogP contribution in [0, 0.1) is 0 Å². The SMILES string of the molecule is CC1(C)CC(N)CN1S(=O)(=O)C1CCOCC1. The number of hydrogen-bond donors (Lipinski definition) is 1. The smallest absolute Gasteiger partial charge is 0.217 e. The van der Waals surface area contributed by atoms with E-state index in [1.165, 1.54) is 0 Å². The van der Waals surface area contributed by atoms with E-state index in [2.05, 4.69) is 0 Å². The van der Waals surface area contributed by atoms with E-state index in [1.807, 2.05) is 13.8 Å². The zero-order valence-electron chi connectivity index (χ0n) is 10.6. The summed E-state index contributed by atoms with van der Waals surface area (Å²) in [5.41, 5.74) is 5.55. The highest BCUT2D eigenvalue weighted by Crippen LogP contribution is 2.34. The van der Waals surface area contributed by atoms with Crippen LogP contribution in [0.3, 0.4) is 0 Å². The first-order valence-electron chi connectivity index (χ1n) is 6.19. The maximum Gasteiger partial charge on any atom is 0.217 e. The van der Waals surface area contributed by atoms with Crippen molar-refractivity contribution in [1.82, 2.24) is 4.31 Å². The van der Waals surface area contributed by atoms with E-state index in [-0.39, 0.29) is 16.8 Å². The molecular formula is C11H22N2O3S. The van der Waals surface area contributed by atoms with Crippen LogP contribution in [0.4, 0.5) is 0 Å². The maximum atomic E-state index is 12.6. The van der Waals surface area contributed by atoms with Crippen LogP contribution < -0.4 is 5.73 Å². The molecule has 100 valence electrons. The molecule has 0 spiro atoms. The minimum absolute atomic E-state index is 0.0420. The summed E-state index contributed by atoms with van der Waals surface area (Å²) in [5, 5.41) is -0.291. The number of rotatable bonds is 2. The molecule has 17 heavy (non-hydrogen) atoms. The van der Waals surface area contributed by atoms with Crippen molar-refractivity contribution in [1.29, 1.82) is 0 Å². The Balaban J connectivity index is 2.20. The topological polar surface area (TPSA) is 72.6 Å². The van der Waals surface area contributed by atoms with Crippen LogP contribution in [0.5, 0.6) is 0 Å². The van der Waals surface area contributed by atoms with E-state index >= 15 is 0 Å². The lowest BCUT2D eigenvalue weighted by molar-refractivity contribution is 0.0965. The highest BCUT2D eigenvalue weighted by Gasteiger charge is 2.46. The van der Waals surface area contributed by atoms with Crippen LogP contribution in [0.2, 0.25) is 0 Å². The van der Waals surface area contributed by atoms with E-state index in [1.54, 1.807) is 4.31 Å². The molecule has 0 aliphatic carbocycles. The average Bonchev–Trinajstić information content (AvgIpc) is 2.54. The van der Waals surface area contributed by atoms with Crippen molar-refractivity contribution in [3.63, 3.8) is 0 Å². The summed E-state index contributed by atoms with van der Waals surface area (Å²) >= 11 is 0. The third kappa shape index (κ3) is 2.50. The van der Waals surface area contributed by atoms with Gasteiger partial charge in [-0.05, 0) is 33.1 Å². The van der Waals surface area contributed by atoms with Crippen molar-refractivity contribution in [3.8, 4) is 0 Å². The first kappa shape index (κ1) is 13.3. The van der Waals surface area contributed by atoms with E-state index in [0.29, 0.717) is 32.6 Å². The van der Waals surface area contributed by atoms with Crippen LogP contribution in [0.1, 0.15) is 33.1 Å². The van der Waals surface area contributed by atoms with Gasteiger partial charge in [0, 0.05) is 31.3 Å². The Morgan fingerprint density at radius 1 is 1.29 bits per heavy atom. The summed E-state index contributed by atoms with van der Waals surface area (Å²) < 4.78 is 32.0. The predicted molar refractivity (Wildman–Crippen MR) is 66.1 cm³/mol. The molecule has 1 atom stereocenters. The minimum atomic E-state index is -3.23. The van der Waals surface area contributed by atoms with Crippen LogP contribution in [0.25, 0.3) is 0 Å². The predicted octanol–water partition coefficient (Wildman–Crippen LogP) is 0.307. The zero-order chi connectivity index (χ0) is 12.7. The zero-order valence-corrected chi connectivity index (χ0v) is 11.4. The molecule has 2 aliphatic heterocycles. The fraction of sp³-hybridized carbons (Fsp3) is 1.00. The molecule has 5 nitrogen and oxygen atoms in total. The van der Waals surface area contributed by atoms with Crippen molar-refractivity contribution in [2.75, 3.05) is 19.8 Å². The highest BCUT2D eigenvalue weighted by molar-refractivity contribution is 7.89. The standard InChI is InChI=1S/C11H22N2O3S/c1-11(2)7-9(12)8-13(11)17(14,15)10-3-5-16-6-4-10/h9-10H,3-8,12H2,1-2H3. The third-order valence-corrected chi connectivity index (χ3v) is 6.31. The van der Waals surface area contributed by atoms with Crippen molar-refractivity contribution < 1.29 is 13.2 Å². The second-order valence-corrected chi connectivity index (χ2v) is 7.80. The van der Waals surface area contributed by atoms with Gasteiger partial charge in [-0.3, -0.25) is 0 Å². The Labute approximate surface area is 103 Å². The largest absolute Gasteiger partial charge is 0.381 e. The molecule has 6 heteroatoms. The number of hydrogen-bond acceptors (Lipinski definition) is 4. The van der Waals surface area contributed by atoms with Gasteiger partial charge in [0.15, 0.2) is 0 Å². The Bertz CT molecular complexity index is 374. The Morgan fingerprint density at radius 3 is 2.35 bits per heavy atom. The lowest BCUT2D eigenvalue weighted by Crippen LogP contribution is -2.48. The third-order valence-electron chi connectivity index (χ3n) is 3.73. The van der Waals surface area contributed by atoms with E-state index < -0.39 is 10.0 Å². The molecule has 0 aromatic carbocycles. The van der Waals surface area contributed by atoms with Gasteiger partial charge in [-0.25, -0.2) is 8.42 Å². The molecule has 2 heterocycles. The molecule has 2 N–H and O–H groups in total. The quantitative estimate of drug-likeness (QED) is 0.777. The molecule has 0 bridgehead atoms. The molecule has 0 saturated carbocycles. The van der Waals surface area contributed by atoms with Gasteiger partial charge >= 0.3 is 0 Å². The van der Waals surface area contributed by atoms with Crippen molar-refractivity contribution in [2.24, 2.45) is 5.73 Å². The molecule has 0 aromatic rings. The lowest BCUT2D eigenvalue weighted by atomic mass is 10.0. The van der Waals surface area contributed by atoms with E-state index in [0.717, 1.165) is 6.42 Å². The van der Waals surface area contributed by atoms with Gasteiger partial charge in [0.05, 0.1) is 5.25 Å². The summed E-state index contributed by atoms with van der Waals surface area (Å²) in [6.07, 6.45) is 1.93. The first-order valence-corrected chi connectivity index (χ1v) is 7.69. The molecule has 2 saturated heterocycles. The van der Waals surface area contributed by atoms with Crippen molar-refractivity contribution >= 4 is 10.0 Å². The molecule has 0 aromatic heterocycles. The first-order chi connectivity index (χ1) is 7.84. The monoisotopic (exact) mass is 262 g/mol. The Hall–Kier alpha value is -0.170. The molecule has 2 aliphatic rings. The molecule has 2 rings (SSSR count). The van der Waals surface area contributed by atoms with Gasteiger partial charge in [-0.1, -0.05) is 0 Å². The number of nitrogens with zero attached hydrogens (tertiary/aromatic N) is 1. The van der Waals surface area contributed by atoms with Gasteiger partial charge in [-0.2, -0.15) is 4.31 Å². The molecule has 2 fully saturated rings. The summed E-state index contributed by atoms with van der Waals surface area (Å²) in [6, 6.07) is -0.0420. The fourth-order valence-corrected chi connectivity index (χ4v) is 5.18. The summed E-state index contributed by atoms with van der Waals surface area (Å²) in [5.74, 6) is 0. The molecule has 1 unspecified atom stereocenters. The van der Waals surface area contributed by atoms with Gasteiger partial charge < -0.3 is 10.5 Å². The van der Waals surface area contributed by atoms with Gasteiger partial charge in [0.25, 0.3) is 0 Å². The van der Waals surface area contributed by atoms with Crippen LogP contribution in [0.15, 0.2) is 0 Å². The number of ether oxygens (including phenoxy) is 1. The summed E-state index contributed by atoms with van der Waals surface area (Å²) in [4.78, 5) is 0. The summed E-state index contributed by atoms with van der Waals surface area (Å²) in [6.45, 7) is 5.45. The minimum Gasteiger partial charge on any atom is -0.381 e. The van der Waals surface area contributed by atoms with Crippen LogP contribution in [-0.2, 0) is 14.8 Å². The molecule has 0 amide bonds. The van der Waals surface area contributed by atoms with Crippen LogP contribution in [-0.4, -0.2) is 49.3 Å². The second kappa shape index (κ2) is 4.50. The van der Waals surface area contributed by atoms with Gasteiger partial charge in [0.2, 0.25) is 10.0 Å². The average molecular weight is 262 g/mol. The number of nitrogens with two attached hydrogens (primary N) is 1. The Morgan fingerprint density at radius 2 is 1.88 bits per heavy atom. The lowest BCUT2D eigenvalue weighted by Gasteiger charge is -2.34. The summed E-state index contributed by atoms with van der Waals surface area (Å²) in [7, 11) is -3.23. The van der Waals surface area contributed by atoms with E-state index in [4.69, 9.17) is 10.5 Å².